The van der Waals surface area contributed by atoms with E-state index in [1.54, 1.807) is 6.07 Å². The number of nitrogens with zero attached hydrogens (tertiary/aromatic N) is 3. The Labute approximate surface area is 406 Å². The maximum absolute atomic E-state index is 11.4. The van der Waals surface area contributed by atoms with Gasteiger partial charge in [-0.2, -0.15) is 0 Å². The van der Waals surface area contributed by atoms with E-state index in [4.69, 9.17) is 9.97 Å². The van der Waals surface area contributed by atoms with Gasteiger partial charge in [0, 0.05) is 38.0 Å². The Balaban J connectivity index is 0.00000592. The van der Waals surface area contributed by atoms with Crippen molar-refractivity contribution in [1.82, 2.24) is 14.5 Å². The van der Waals surface area contributed by atoms with Gasteiger partial charge in [-0.05, 0) is 118 Å². The summed E-state index contributed by atoms with van der Waals surface area (Å²) in [6.07, 6.45) is 0. The van der Waals surface area contributed by atoms with Crippen molar-refractivity contribution in [3.05, 3.63) is 196 Å². The molecule has 0 spiro atoms. The van der Waals surface area contributed by atoms with Crippen LogP contribution in [0.1, 0.15) is 84.0 Å². The van der Waals surface area contributed by atoms with Crippen LogP contribution in [-0.4, -0.2) is 26.4 Å². The molecule has 0 saturated carbocycles. The third kappa shape index (κ3) is 8.74. The van der Waals surface area contributed by atoms with Crippen molar-refractivity contribution in [2.75, 3.05) is 0 Å². The molecule has 0 atom stereocenters. The fraction of sp³-hybridized carbons (Fsp3) is 0.200. The molecule has 0 amide bonds. The predicted molar refractivity (Wildman–Crippen MR) is 275 cm³/mol. The van der Waals surface area contributed by atoms with Gasteiger partial charge in [0.15, 0.2) is 0 Å². The van der Waals surface area contributed by atoms with Crippen molar-refractivity contribution in [2.45, 2.75) is 81.1 Å². The van der Waals surface area contributed by atoms with Gasteiger partial charge in [-0.15, -0.1) is 24.3 Å². The third-order valence-electron chi connectivity index (χ3n) is 13.0. The van der Waals surface area contributed by atoms with Crippen LogP contribution in [0.3, 0.4) is 0 Å². The average molecular weight is 1040 g/mol. The van der Waals surface area contributed by atoms with Crippen LogP contribution in [-0.2, 0) is 21.1 Å². The van der Waals surface area contributed by atoms with Gasteiger partial charge in [0.25, 0.3) is 0 Å². The zero-order chi connectivity index (χ0) is 45.7. The molecule has 6 heteroatoms. The van der Waals surface area contributed by atoms with E-state index in [9.17, 15) is 5.11 Å². The SMILES string of the molecule is Cc1cc(C)c(B(c2cc(-c3[c-]c(-c4nc5ccccc5n4-c4c(C(C)C)cc(-c5ccccc5)cc4C(C)C)ccc3)nc(-c3ccccc3O)c2)c2c(C)cc(C)cc2C)c(C)c1.[Pt]. The van der Waals surface area contributed by atoms with Gasteiger partial charge >= 0.3 is 0 Å². The first kappa shape index (κ1) is 46.3. The molecule has 4 nitrogen and oxygen atoms in total. The van der Waals surface area contributed by atoms with Crippen molar-refractivity contribution < 1.29 is 26.2 Å². The summed E-state index contributed by atoms with van der Waals surface area (Å²) >= 11 is 0. The molecule has 0 aliphatic rings. The largest absolute Gasteiger partial charge is 0.507 e. The topological polar surface area (TPSA) is 50.9 Å². The Morgan fingerprint density at radius 2 is 1.06 bits per heavy atom. The molecule has 9 rings (SSSR count). The van der Waals surface area contributed by atoms with E-state index < -0.39 is 0 Å². The van der Waals surface area contributed by atoms with Gasteiger partial charge < -0.3 is 9.67 Å². The van der Waals surface area contributed by atoms with Crippen molar-refractivity contribution in [2.24, 2.45) is 0 Å². The zero-order valence-corrected chi connectivity index (χ0v) is 42.0. The van der Waals surface area contributed by atoms with E-state index in [-0.39, 0.29) is 45.4 Å². The van der Waals surface area contributed by atoms with E-state index in [2.05, 4.69) is 201 Å². The summed E-state index contributed by atoms with van der Waals surface area (Å²) in [5.74, 6) is 1.50. The smallest absolute Gasteiger partial charge is 0.242 e. The van der Waals surface area contributed by atoms with Crippen LogP contribution in [0.5, 0.6) is 5.75 Å². The van der Waals surface area contributed by atoms with E-state index in [0.717, 1.165) is 39.1 Å². The quantitative estimate of drug-likeness (QED) is 0.110. The van der Waals surface area contributed by atoms with Crippen LogP contribution in [0.4, 0.5) is 0 Å². The first-order valence-electron chi connectivity index (χ1n) is 23.0. The second-order valence-electron chi connectivity index (χ2n) is 18.7. The summed E-state index contributed by atoms with van der Waals surface area (Å²) in [5.41, 5.74) is 23.2. The Morgan fingerprint density at radius 3 is 1.65 bits per heavy atom. The van der Waals surface area contributed by atoms with Gasteiger partial charge in [0.05, 0.1) is 22.6 Å². The van der Waals surface area contributed by atoms with Gasteiger partial charge in [0.2, 0.25) is 6.71 Å². The summed E-state index contributed by atoms with van der Waals surface area (Å²) in [5, 5.41) is 11.4. The zero-order valence-electron chi connectivity index (χ0n) is 39.7. The van der Waals surface area contributed by atoms with Crippen LogP contribution >= 0.6 is 0 Å². The molecule has 0 unspecified atom stereocenters. The molecular weight excluding hydrogens is 985 g/mol. The van der Waals surface area contributed by atoms with E-state index in [0.29, 0.717) is 11.3 Å². The van der Waals surface area contributed by atoms with E-state index in [1.165, 1.54) is 72.2 Å². The maximum Gasteiger partial charge on any atom is 0.242 e. The molecule has 0 aliphatic heterocycles. The molecule has 2 heterocycles. The number of rotatable bonds is 10. The second-order valence-corrected chi connectivity index (χ2v) is 18.7. The van der Waals surface area contributed by atoms with E-state index in [1.807, 2.05) is 18.2 Å². The predicted octanol–water partition coefficient (Wildman–Crippen LogP) is 13.2. The van der Waals surface area contributed by atoms with Crippen molar-refractivity contribution in [3.63, 3.8) is 0 Å². The van der Waals surface area contributed by atoms with Crippen LogP contribution in [0, 0.1) is 47.6 Å². The second kappa shape index (κ2) is 18.9. The summed E-state index contributed by atoms with van der Waals surface area (Å²) in [7, 11) is 0. The molecule has 0 aliphatic carbocycles. The minimum atomic E-state index is -0.0993. The summed E-state index contributed by atoms with van der Waals surface area (Å²) in [4.78, 5) is 10.8. The number of pyridine rings is 1. The number of imidazole rings is 1. The number of aromatic hydroxyl groups is 1. The molecular formula is C60H57BN3OPt-. The normalized spacial score (nSPS) is 11.4. The number of aromatic nitrogens is 3. The molecule has 0 saturated heterocycles. The van der Waals surface area contributed by atoms with Crippen molar-refractivity contribution in [1.29, 1.82) is 0 Å². The number of phenols is 1. The van der Waals surface area contributed by atoms with Crippen LogP contribution in [0.2, 0.25) is 0 Å². The molecule has 0 bridgehead atoms. The first-order valence-corrected chi connectivity index (χ1v) is 23.0. The number of para-hydroxylation sites is 3. The summed E-state index contributed by atoms with van der Waals surface area (Å²) in [6, 6.07) is 55.3. The van der Waals surface area contributed by atoms with Gasteiger partial charge in [-0.25, -0.2) is 0 Å². The standard InChI is InChI=1S/C60H57BN3O.Pt/c1-36(2)50-32-47(44-19-12-11-13-20-44)33-51(37(3)4)59(50)64-55-25-16-15-24-52(55)63-60(64)46-22-18-21-45(31-46)53-34-48(35-54(62-53)49-23-14-17-26-56(49)65)61(57-40(7)27-38(5)28-41(57)8)58-42(9)29-39(6)30-43(58)10;/h11-30,32-37,65H,1-10H3;/q-1;. The van der Waals surface area contributed by atoms with E-state index >= 15 is 0 Å². The van der Waals surface area contributed by atoms with Gasteiger partial charge in [0.1, 0.15) is 5.75 Å². The van der Waals surface area contributed by atoms with Gasteiger partial charge in [-0.3, -0.25) is 9.97 Å². The van der Waals surface area contributed by atoms with Crippen LogP contribution < -0.4 is 16.4 Å². The van der Waals surface area contributed by atoms with Crippen molar-refractivity contribution >= 4 is 34.1 Å². The minimum absolute atomic E-state index is 0. The summed E-state index contributed by atoms with van der Waals surface area (Å²) < 4.78 is 2.38. The fourth-order valence-electron chi connectivity index (χ4n) is 10.3. The fourth-order valence-corrected chi connectivity index (χ4v) is 10.3. The molecule has 1 N–H and O–H groups in total. The summed E-state index contributed by atoms with van der Waals surface area (Å²) in [6.45, 7) is 22.3. The Bertz CT molecular complexity index is 3120. The van der Waals surface area contributed by atoms with Crippen LogP contribution in [0.15, 0.2) is 146 Å². The van der Waals surface area contributed by atoms with Crippen LogP contribution in [0.25, 0.3) is 61.8 Å². The molecule has 0 radical (unpaired) electrons. The monoisotopic (exact) mass is 1040 g/mol. The molecule has 332 valence electrons. The number of fused-ring (bicyclic) bond motifs is 1. The first-order chi connectivity index (χ1) is 31.3. The molecule has 66 heavy (non-hydrogen) atoms. The number of benzene rings is 7. The Morgan fingerprint density at radius 1 is 0.530 bits per heavy atom. The van der Waals surface area contributed by atoms with Gasteiger partial charge in [-0.1, -0.05) is 174 Å². The number of aryl methyl sites for hydroxylation is 6. The molecule has 7 aromatic carbocycles. The van der Waals surface area contributed by atoms with Crippen molar-refractivity contribution in [3.8, 4) is 56.5 Å². The number of phenolic OH excluding ortho intramolecular Hbond substituents is 1. The number of hydrogen-bond acceptors (Lipinski definition) is 3. The molecule has 9 aromatic rings. The third-order valence-corrected chi connectivity index (χ3v) is 13.0. The molecule has 0 fully saturated rings. The Hall–Kier alpha value is -6.29. The minimum Gasteiger partial charge on any atom is -0.507 e. The average Bonchev–Trinajstić information content (AvgIpc) is 3.67. The molecule has 2 aromatic heterocycles. The maximum atomic E-state index is 11.4. The number of hydrogen-bond donors (Lipinski definition) is 1. The Kier molecular flexibility index (Phi) is 13.2.